The second-order valence-electron chi connectivity index (χ2n) is 3.68. The zero-order chi connectivity index (χ0) is 12.4. The van der Waals surface area contributed by atoms with E-state index >= 15 is 0 Å². The number of phenolic OH excluding ortho intramolecular Hbond substituents is 1. The molecule has 2 N–H and O–H groups in total. The molecular weight excluding hydrogens is 242 g/mol. The van der Waals surface area contributed by atoms with Crippen LogP contribution in [0.2, 0.25) is 0 Å². The van der Waals surface area contributed by atoms with Crippen molar-refractivity contribution in [3.8, 4) is 5.75 Å². The van der Waals surface area contributed by atoms with Crippen LogP contribution in [0.3, 0.4) is 0 Å². The number of carboxylic acid groups (broad SMARTS) is 1. The maximum Gasteiger partial charge on any atom is 0.327 e. The largest absolute Gasteiger partial charge is 0.508 e. The van der Waals surface area contributed by atoms with Crippen molar-refractivity contribution in [1.29, 1.82) is 0 Å². The average molecular weight is 253 g/mol. The first kappa shape index (κ1) is 11.8. The molecule has 1 aliphatic rings. The fraction of sp³-hybridized carbons (Fsp3) is 0.273. The lowest BCUT2D eigenvalue weighted by molar-refractivity contribution is -0.140. The van der Waals surface area contributed by atoms with E-state index in [1.54, 1.807) is 12.1 Å². The lowest BCUT2D eigenvalue weighted by atomic mass is 10.1. The molecule has 0 saturated carbocycles. The summed E-state index contributed by atoms with van der Waals surface area (Å²) in [6.07, 6.45) is 0. The van der Waals surface area contributed by atoms with E-state index in [2.05, 4.69) is 0 Å². The second kappa shape index (κ2) is 4.67. The first-order chi connectivity index (χ1) is 8.09. The van der Waals surface area contributed by atoms with Crippen LogP contribution in [-0.4, -0.2) is 44.7 Å². The van der Waals surface area contributed by atoms with Gasteiger partial charge in [0.25, 0.3) is 5.91 Å². The Morgan fingerprint density at radius 1 is 1.41 bits per heavy atom. The Morgan fingerprint density at radius 3 is 2.82 bits per heavy atom. The van der Waals surface area contributed by atoms with Crippen LogP contribution < -0.4 is 0 Å². The van der Waals surface area contributed by atoms with E-state index < -0.39 is 12.0 Å². The summed E-state index contributed by atoms with van der Waals surface area (Å²) in [7, 11) is 0. The van der Waals surface area contributed by atoms with Crippen LogP contribution in [0.4, 0.5) is 0 Å². The molecule has 1 amide bonds. The molecule has 2 rings (SSSR count). The number of aromatic hydroxyl groups is 1. The molecule has 90 valence electrons. The van der Waals surface area contributed by atoms with E-state index in [0.717, 1.165) is 0 Å². The molecular formula is C11H11NO4S. The Morgan fingerprint density at radius 2 is 2.18 bits per heavy atom. The molecule has 5 nitrogen and oxygen atoms in total. The van der Waals surface area contributed by atoms with Crippen molar-refractivity contribution >= 4 is 23.6 Å². The molecule has 0 spiro atoms. The molecule has 1 atom stereocenters. The summed E-state index contributed by atoms with van der Waals surface area (Å²) in [5.41, 5.74) is 0.304. The van der Waals surface area contributed by atoms with Crippen molar-refractivity contribution in [2.45, 2.75) is 6.04 Å². The van der Waals surface area contributed by atoms with Crippen molar-refractivity contribution in [1.82, 2.24) is 4.90 Å². The predicted octanol–water partition coefficient (Wildman–Crippen LogP) is 0.992. The summed E-state index contributed by atoms with van der Waals surface area (Å²) in [6.45, 7) is 0. The highest BCUT2D eigenvalue weighted by molar-refractivity contribution is 7.99. The van der Waals surface area contributed by atoms with Gasteiger partial charge in [-0.25, -0.2) is 4.79 Å². The summed E-state index contributed by atoms with van der Waals surface area (Å²) in [5, 5.41) is 18.3. The molecule has 0 aliphatic carbocycles. The maximum absolute atomic E-state index is 12.1. The van der Waals surface area contributed by atoms with Crippen molar-refractivity contribution in [3.63, 3.8) is 0 Å². The minimum Gasteiger partial charge on any atom is -0.508 e. The lowest BCUT2D eigenvalue weighted by Gasteiger charge is -2.20. The third kappa shape index (κ3) is 2.36. The van der Waals surface area contributed by atoms with Crippen LogP contribution >= 0.6 is 11.8 Å². The fourth-order valence-electron chi connectivity index (χ4n) is 1.65. The van der Waals surface area contributed by atoms with Gasteiger partial charge in [-0.1, -0.05) is 6.07 Å². The number of amides is 1. The first-order valence-electron chi connectivity index (χ1n) is 5.00. The SMILES string of the molecule is O=C(O)C1CSCN1C(=O)c1cccc(O)c1. The van der Waals surface area contributed by atoms with E-state index in [0.29, 0.717) is 17.2 Å². The van der Waals surface area contributed by atoms with Gasteiger partial charge < -0.3 is 15.1 Å². The van der Waals surface area contributed by atoms with E-state index in [4.69, 9.17) is 5.11 Å². The van der Waals surface area contributed by atoms with Crippen LogP contribution in [-0.2, 0) is 4.79 Å². The highest BCUT2D eigenvalue weighted by Crippen LogP contribution is 2.24. The quantitative estimate of drug-likeness (QED) is 0.822. The summed E-state index contributed by atoms with van der Waals surface area (Å²) >= 11 is 1.41. The van der Waals surface area contributed by atoms with Gasteiger partial charge in [0, 0.05) is 11.3 Å². The topological polar surface area (TPSA) is 77.8 Å². The van der Waals surface area contributed by atoms with Crippen molar-refractivity contribution < 1.29 is 19.8 Å². The molecule has 1 saturated heterocycles. The van der Waals surface area contributed by atoms with Crippen molar-refractivity contribution in [2.24, 2.45) is 0 Å². The van der Waals surface area contributed by atoms with Gasteiger partial charge in [0.05, 0.1) is 5.88 Å². The highest BCUT2D eigenvalue weighted by Gasteiger charge is 2.34. The predicted molar refractivity (Wildman–Crippen MR) is 63.0 cm³/mol. The van der Waals surface area contributed by atoms with Crippen molar-refractivity contribution in [2.75, 3.05) is 11.6 Å². The number of carbonyl (C=O) groups is 2. The number of nitrogens with zero attached hydrogens (tertiary/aromatic N) is 1. The Labute approximate surface area is 102 Å². The number of phenols is 1. The number of hydrogen-bond acceptors (Lipinski definition) is 4. The number of rotatable bonds is 2. The van der Waals surface area contributed by atoms with Crippen LogP contribution in [0.25, 0.3) is 0 Å². The van der Waals surface area contributed by atoms with Crippen LogP contribution in [0.5, 0.6) is 5.75 Å². The number of benzene rings is 1. The number of carbonyl (C=O) groups excluding carboxylic acids is 1. The molecule has 1 fully saturated rings. The van der Waals surface area contributed by atoms with Gasteiger partial charge in [-0.2, -0.15) is 0 Å². The molecule has 17 heavy (non-hydrogen) atoms. The van der Waals surface area contributed by atoms with Gasteiger partial charge in [-0.3, -0.25) is 4.79 Å². The van der Waals surface area contributed by atoms with Gasteiger partial charge >= 0.3 is 5.97 Å². The number of hydrogen-bond donors (Lipinski definition) is 2. The van der Waals surface area contributed by atoms with Gasteiger partial charge in [-0.05, 0) is 18.2 Å². The highest BCUT2D eigenvalue weighted by atomic mass is 32.2. The van der Waals surface area contributed by atoms with Gasteiger partial charge in [0.2, 0.25) is 0 Å². The molecule has 1 aromatic carbocycles. The second-order valence-corrected chi connectivity index (χ2v) is 4.68. The molecule has 6 heteroatoms. The first-order valence-corrected chi connectivity index (χ1v) is 6.15. The molecule has 0 bridgehead atoms. The Hall–Kier alpha value is -1.69. The minimum absolute atomic E-state index is 0.00502. The minimum atomic E-state index is -0.997. The van der Waals surface area contributed by atoms with Crippen LogP contribution in [0.1, 0.15) is 10.4 Å². The number of carboxylic acids is 1. The van der Waals surface area contributed by atoms with Gasteiger partial charge in [-0.15, -0.1) is 11.8 Å². The Kier molecular flexibility index (Phi) is 3.23. The zero-order valence-corrected chi connectivity index (χ0v) is 9.68. The smallest absolute Gasteiger partial charge is 0.327 e. The van der Waals surface area contributed by atoms with E-state index in [9.17, 15) is 14.7 Å². The fourth-order valence-corrected chi connectivity index (χ4v) is 2.80. The normalized spacial score (nSPS) is 19.3. The summed E-state index contributed by atoms with van der Waals surface area (Å²) in [4.78, 5) is 24.3. The molecule has 0 radical (unpaired) electrons. The maximum atomic E-state index is 12.1. The molecule has 1 aliphatic heterocycles. The summed E-state index contributed by atoms with van der Waals surface area (Å²) in [5.74, 6) is -0.595. The molecule has 0 aromatic heterocycles. The monoisotopic (exact) mass is 253 g/mol. The Bertz CT molecular complexity index is 463. The van der Waals surface area contributed by atoms with E-state index in [1.807, 2.05) is 0 Å². The molecule has 1 aromatic rings. The zero-order valence-electron chi connectivity index (χ0n) is 8.87. The van der Waals surface area contributed by atoms with Gasteiger partial charge in [0.15, 0.2) is 0 Å². The standard InChI is InChI=1S/C11H11NO4S/c13-8-3-1-2-7(4-8)10(14)12-6-17-5-9(12)11(15)16/h1-4,9,13H,5-6H2,(H,15,16). The van der Waals surface area contributed by atoms with E-state index in [-0.39, 0.29) is 11.7 Å². The third-order valence-electron chi connectivity index (χ3n) is 2.52. The number of thioether (sulfide) groups is 1. The van der Waals surface area contributed by atoms with Gasteiger partial charge in [0.1, 0.15) is 11.8 Å². The average Bonchev–Trinajstić information content (AvgIpc) is 2.77. The summed E-state index contributed by atoms with van der Waals surface area (Å²) < 4.78 is 0. The Balaban J connectivity index is 2.23. The number of aliphatic carboxylic acids is 1. The van der Waals surface area contributed by atoms with Crippen LogP contribution in [0.15, 0.2) is 24.3 Å². The lowest BCUT2D eigenvalue weighted by Crippen LogP contribution is -2.41. The molecule has 1 unspecified atom stereocenters. The third-order valence-corrected chi connectivity index (χ3v) is 3.53. The molecule has 1 heterocycles. The van der Waals surface area contributed by atoms with Crippen molar-refractivity contribution in [3.05, 3.63) is 29.8 Å². The van der Waals surface area contributed by atoms with Crippen LogP contribution in [0, 0.1) is 0 Å². The van der Waals surface area contributed by atoms with E-state index in [1.165, 1.54) is 28.8 Å². The summed E-state index contributed by atoms with van der Waals surface area (Å²) in [6, 6.07) is 5.13.